The summed E-state index contributed by atoms with van der Waals surface area (Å²) < 4.78 is 26.3. The highest BCUT2D eigenvalue weighted by atomic mass is 35.5. The number of carbonyl (C=O) groups is 1. The van der Waals surface area contributed by atoms with E-state index in [0.29, 0.717) is 20.8 Å². The van der Waals surface area contributed by atoms with Gasteiger partial charge >= 0.3 is 5.69 Å². The van der Waals surface area contributed by atoms with Crippen LogP contribution in [0.4, 0.5) is 5.69 Å². The summed E-state index contributed by atoms with van der Waals surface area (Å²) in [5.74, 6) is -1.21. The molecule has 9 nitrogen and oxygen atoms in total. The van der Waals surface area contributed by atoms with E-state index in [2.05, 4.69) is 15.2 Å². The zero-order chi connectivity index (χ0) is 29.9. The second-order valence-corrected chi connectivity index (χ2v) is 14.7. The number of thiophene rings is 1. The molecular formula is C29H30Cl2N4O5S2. The van der Waals surface area contributed by atoms with E-state index in [1.165, 1.54) is 43.5 Å². The van der Waals surface area contributed by atoms with Crippen molar-refractivity contribution in [3.63, 3.8) is 0 Å². The number of aromatic amines is 1. The molecule has 0 amide bonds. The van der Waals surface area contributed by atoms with Gasteiger partial charge in [0, 0.05) is 18.7 Å². The lowest BCUT2D eigenvalue weighted by atomic mass is 10.1. The van der Waals surface area contributed by atoms with Crippen LogP contribution in [0.3, 0.4) is 0 Å². The molecule has 1 aliphatic heterocycles. The van der Waals surface area contributed by atoms with Crippen LogP contribution in [-0.4, -0.2) is 60.6 Å². The number of hydrogen-bond donors (Lipinski definition) is 2. The molecule has 2 aromatic heterocycles. The fourth-order valence-corrected chi connectivity index (χ4v) is 8.23. The Bertz CT molecular complexity index is 1840. The van der Waals surface area contributed by atoms with Crippen molar-refractivity contribution in [3.05, 3.63) is 84.3 Å². The highest BCUT2D eigenvalue weighted by Crippen LogP contribution is 2.27. The highest BCUT2D eigenvalue weighted by molar-refractivity contribution is 7.94. The second kappa shape index (κ2) is 13.1. The van der Waals surface area contributed by atoms with Crippen LogP contribution in [0, 0.1) is 0 Å². The Morgan fingerprint density at radius 1 is 1.00 bits per heavy atom. The molecule has 0 aliphatic carbocycles. The first kappa shape index (κ1) is 30.5. The zero-order valence-electron chi connectivity index (χ0n) is 22.7. The van der Waals surface area contributed by atoms with E-state index in [1.807, 2.05) is 6.07 Å². The number of benzene rings is 2. The predicted molar refractivity (Wildman–Crippen MR) is 169 cm³/mol. The number of carbonyl (C=O) groups excluding carboxylic acids is 1. The van der Waals surface area contributed by atoms with Crippen molar-refractivity contribution in [2.24, 2.45) is 0 Å². The van der Waals surface area contributed by atoms with Gasteiger partial charge < -0.3 is 15.2 Å². The monoisotopic (exact) mass is 648 g/mol. The highest BCUT2D eigenvalue weighted by Gasteiger charge is 2.22. The third kappa shape index (κ3) is 7.15. The Labute approximate surface area is 257 Å². The molecule has 2 aromatic carbocycles. The molecular weight excluding hydrogens is 619 g/mol. The molecule has 0 spiro atoms. The number of rotatable bonds is 11. The molecule has 0 bridgehead atoms. The maximum Gasteiger partial charge on any atom is 0.333 e. The number of H-pyrrole nitrogens is 1. The molecule has 1 saturated heterocycles. The number of aromatic nitrogens is 2. The van der Waals surface area contributed by atoms with Crippen LogP contribution in [-0.2, 0) is 21.1 Å². The fraction of sp³-hybridized carbons (Fsp3) is 0.345. The predicted octanol–water partition coefficient (Wildman–Crippen LogP) is 4.92. The van der Waals surface area contributed by atoms with E-state index < -0.39 is 32.6 Å². The Hall–Kier alpha value is -2.96. The van der Waals surface area contributed by atoms with E-state index >= 15 is 0 Å². The molecule has 0 unspecified atom stereocenters. The Kier molecular flexibility index (Phi) is 9.54. The van der Waals surface area contributed by atoms with Gasteiger partial charge in [-0.25, -0.2) is 17.8 Å². The van der Waals surface area contributed by atoms with Crippen molar-refractivity contribution in [1.29, 1.82) is 0 Å². The van der Waals surface area contributed by atoms with Gasteiger partial charge in [0.05, 0.1) is 25.9 Å². The van der Waals surface area contributed by atoms with Crippen molar-refractivity contribution < 1.29 is 13.2 Å². The molecule has 1 aliphatic rings. The zero-order valence-corrected chi connectivity index (χ0v) is 25.8. The summed E-state index contributed by atoms with van der Waals surface area (Å²) in [5, 5.41) is 3.77. The number of nitrogens with zero attached hydrogens (tertiary/aromatic N) is 2. The molecule has 1 fully saturated rings. The van der Waals surface area contributed by atoms with Crippen LogP contribution < -0.4 is 16.6 Å². The lowest BCUT2D eigenvalue weighted by molar-refractivity contribution is -0.116. The van der Waals surface area contributed by atoms with Crippen LogP contribution in [0.5, 0.6) is 0 Å². The number of sulfone groups is 1. The molecule has 3 heterocycles. The molecule has 2 N–H and O–H groups in total. The van der Waals surface area contributed by atoms with Gasteiger partial charge in [-0.3, -0.25) is 9.59 Å². The number of halogens is 2. The van der Waals surface area contributed by atoms with Crippen molar-refractivity contribution in [2.45, 2.75) is 36.3 Å². The molecule has 13 heteroatoms. The van der Waals surface area contributed by atoms with Crippen LogP contribution in [0.25, 0.3) is 16.6 Å². The van der Waals surface area contributed by atoms with Gasteiger partial charge in [-0.15, -0.1) is 11.3 Å². The minimum atomic E-state index is -3.81. The molecule has 222 valence electrons. The number of fused-ring (bicyclic) bond motifs is 1. The lowest BCUT2D eigenvalue weighted by Gasteiger charge is -2.26. The Balaban J connectivity index is 1.28. The topological polar surface area (TPSA) is 121 Å². The van der Waals surface area contributed by atoms with Gasteiger partial charge in [-0.2, -0.15) is 0 Å². The number of piperidine rings is 1. The molecule has 42 heavy (non-hydrogen) atoms. The summed E-state index contributed by atoms with van der Waals surface area (Å²) in [7, 11) is -3.81. The minimum Gasteiger partial charge on any atom is -0.385 e. The van der Waals surface area contributed by atoms with E-state index in [0.717, 1.165) is 54.2 Å². The van der Waals surface area contributed by atoms with Gasteiger partial charge in [-0.05, 0) is 86.9 Å². The van der Waals surface area contributed by atoms with E-state index in [4.69, 9.17) is 23.2 Å². The number of anilines is 1. The SMILES string of the molecule is O=C(Cc1ccc(-n2c(=O)[nH]c3cc(NCCCN4CCCCC4)ccc3c2=O)c(Cl)c1)CS(=O)(=O)c1ccc(Cl)s1. The summed E-state index contributed by atoms with van der Waals surface area (Å²) in [4.78, 5) is 44.1. The number of ketones is 1. The molecule has 4 aromatic rings. The van der Waals surface area contributed by atoms with Gasteiger partial charge in [0.25, 0.3) is 5.56 Å². The minimum absolute atomic E-state index is 0.0277. The van der Waals surface area contributed by atoms with Crippen LogP contribution in [0.15, 0.2) is 62.3 Å². The van der Waals surface area contributed by atoms with Crippen LogP contribution >= 0.6 is 34.5 Å². The molecule has 0 atom stereocenters. The van der Waals surface area contributed by atoms with Crippen molar-refractivity contribution in [2.75, 3.05) is 37.2 Å². The molecule has 0 saturated carbocycles. The van der Waals surface area contributed by atoms with Crippen molar-refractivity contribution in [3.8, 4) is 5.69 Å². The fourth-order valence-electron chi connectivity index (χ4n) is 5.13. The summed E-state index contributed by atoms with van der Waals surface area (Å²) in [6, 6.07) is 12.5. The number of Topliss-reactive ketones (excluding diaryl/α,β-unsaturated/α-hetero) is 1. The normalized spacial score (nSPS) is 14.3. The van der Waals surface area contributed by atoms with E-state index in [-0.39, 0.29) is 21.3 Å². The Morgan fingerprint density at radius 2 is 1.79 bits per heavy atom. The Morgan fingerprint density at radius 3 is 2.50 bits per heavy atom. The third-order valence-corrected chi connectivity index (χ3v) is 11.0. The number of likely N-dealkylation sites (tertiary alicyclic amines) is 1. The van der Waals surface area contributed by atoms with Crippen LogP contribution in [0.2, 0.25) is 9.36 Å². The van der Waals surface area contributed by atoms with Gasteiger partial charge in [0.1, 0.15) is 9.96 Å². The maximum atomic E-state index is 13.3. The van der Waals surface area contributed by atoms with Crippen molar-refractivity contribution >= 4 is 66.7 Å². The molecule has 5 rings (SSSR count). The summed E-state index contributed by atoms with van der Waals surface area (Å²) in [6.45, 7) is 4.14. The quantitative estimate of drug-likeness (QED) is 0.221. The first-order chi connectivity index (χ1) is 20.1. The third-order valence-electron chi connectivity index (χ3n) is 7.19. The summed E-state index contributed by atoms with van der Waals surface area (Å²) in [5.41, 5.74) is 0.647. The van der Waals surface area contributed by atoms with Gasteiger partial charge in [-0.1, -0.05) is 35.7 Å². The van der Waals surface area contributed by atoms with E-state index in [1.54, 1.807) is 18.2 Å². The largest absolute Gasteiger partial charge is 0.385 e. The average Bonchev–Trinajstić information content (AvgIpc) is 3.40. The second-order valence-electron chi connectivity index (χ2n) is 10.3. The standard InChI is InChI=1S/C29H30Cl2N4O5S2/c30-23-16-19(15-21(36)18-42(39,40)27-10-9-26(31)41-27)5-8-25(23)35-28(37)22-7-6-20(17-24(22)33-29(35)38)32-11-4-14-34-12-2-1-3-13-34/h5-10,16-17,32H,1-4,11-15,18H2,(H,33,38). The first-order valence-corrected chi connectivity index (χ1v) is 16.9. The molecule has 0 radical (unpaired) electrons. The lowest BCUT2D eigenvalue weighted by Crippen LogP contribution is -2.33. The smallest absolute Gasteiger partial charge is 0.333 e. The average molecular weight is 650 g/mol. The van der Waals surface area contributed by atoms with E-state index in [9.17, 15) is 22.8 Å². The summed E-state index contributed by atoms with van der Waals surface area (Å²) >= 11 is 13.2. The number of nitrogens with one attached hydrogen (secondary N) is 2. The maximum absolute atomic E-state index is 13.3. The van der Waals surface area contributed by atoms with Gasteiger partial charge in [0.15, 0.2) is 15.6 Å². The van der Waals surface area contributed by atoms with Gasteiger partial charge in [0.2, 0.25) is 0 Å². The number of hydrogen-bond acceptors (Lipinski definition) is 8. The van der Waals surface area contributed by atoms with Crippen molar-refractivity contribution in [1.82, 2.24) is 14.5 Å². The first-order valence-electron chi connectivity index (χ1n) is 13.6. The summed E-state index contributed by atoms with van der Waals surface area (Å²) in [6.07, 6.45) is 4.64. The van der Waals surface area contributed by atoms with Crippen LogP contribution in [0.1, 0.15) is 31.2 Å².